The minimum absolute atomic E-state index is 0.0400. The van der Waals surface area contributed by atoms with Crippen molar-refractivity contribution in [2.75, 3.05) is 0 Å². The van der Waals surface area contributed by atoms with Gasteiger partial charge in [-0.15, -0.1) is 0 Å². The Labute approximate surface area is 136 Å². The molecule has 2 aromatic rings. The third-order valence-electron chi connectivity index (χ3n) is 2.52. The molecule has 1 heterocycles. The highest BCUT2D eigenvalue weighted by atomic mass is 79.9. The van der Waals surface area contributed by atoms with Crippen molar-refractivity contribution in [1.29, 1.82) is 0 Å². The lowest BCUT2D eigenvalue weighted by atomic mass is 10.3. The smallest absolute Gasteiger partial charge is 0.362 e. The number of carbonyl (C=O) groups is 2. The highest BCUT2D eigenvalue weighted by Crippen LogP contribution is 2.18. The molecule has 0 unspecified atom stereocenters. The van der Waals surface area contributed by atoms with Gasteiger partial charge in [-0.25, -0.2) is 14.6 Å². The van der Waals surface area contributed by atoms with Crippen LogP contribution in [0, 0.1) is 0 Å². The van der Waals surface area contributed by atoms with Gasteiger partial charge in [0.05, 0.1) is 6.10 Å². The summed E-state index contributed by atoms with van der Waals surface area (Å²) in [5, 5.41) is 0. The fourth-order valence-electron chi connectivity index (χ4n) is 1.63. The SMILES string of the molecule is CC(C)OC(=O)c1cccc(C(=O)Oc2cccc(Br)c2)n1. The lowest BCUT2D eigenvalue weighted by molar-refractivity contribution is 0.0370. The van der Waals surface area contributed by atoms with E-state index in [0.717, 1.165) is 4.47 Å². The summed E-state index contributed by atoms with van der Waals surface area (Å²) in [5.41, 5.74) is 0.107. The van der Waals surface area contributed by atoms with E-state index in [-0.39, 0.29) is 17.5 Å². The van der Waals surface area contributed by atoms with Gasteiger partial charge in [-0.05, 0) is 44.2 Å². The van der Waals surface area contributed by atoms with Gasteiger partial charge in [0.1, 0.15) is 17.1 Å². The monoisotopic (exact) mass is 363 g/mol. The Morgan fingerprint density at radius 3 is 2.32 bits per heavy atom. The number of ether oxygens (including phenoxy) is 2. The van der Waals surface area contributed by atoms with E-state index in [9.17, 15) is 9.59 Å². The standard InChI is InChI=1S/C16H14BrNO4/c1-10(2)21-15(19)13-7-4-8-14(18-13)16(20)22-12-6-3-5-11(17)9-12/h3-10H,1-2H3. The molecule has 0 aliphatic rings. The Hall–Kier alpha value is -2.21. The molecular formula is C16H14BrNO4. The maximum absolute atomic E-state index is 12.1. The maximum Gasteiger partial charge on any atom is 0.362 e. The summed E-state index contributed by atoms with van der Waals surface area (Å²) in [5.74, 6) is -0.833. The molecule has 22 heavy (non-hydrogen) atoms. The second kappa shape index (κ2) is 7.17. The number of halogens is 1. The molecule has 6 heteroatoms. The molecule has 0 aliphatic heterocycles. The second-order valence-electron chi connectivity index (χ2n) is 4.71. The fraction of sp³-hybridized carbons (Fsp3) is 0.188. The molecule has 0 atom stereocenters. The first-order chi connectivity index (χ1) is 10.5. The molecule has 0 saturated carbocycles. The third kappa shape index (κ3) is 4.39. The highest BCUT2D eigenvalue weighted by Gasteiger charge is 2.16. The minimum Gasteiger partial charge on any atom is -0.458 e. The Balaban J connectivity index is 2.15. The number of benzene rings is 1. The Bertz CT molecular complexity index is 700. The molecular weight excluding hydrogens is 350 g/mol. The van der Waals surface area contributed by atoms with Crippen LogP contribution in [0.3, 0.4) is 0 Å². The van der Waals surface area contributed by atoms with Gasteiger partial charge in [0, 0.05) is 4.47 Å². The summed E-state index contributed by atoms with van der Waals surface area (Å²) < 4.78 is 11.1. The van der Waals surface area contributed by atoms with Gasteiger partial charge in [-0.2, -0.15) is 0 Å². The molecule has 5 nitrogen and oxygen atoms in total. The normalized spacial score (nSPS) is 10.4. The topological polar surface area (TPSA) is 65.5 Å². The first kappa shape index (κ1) is 16.2. The average Bonchev–Trinajstić information content (AvgIpc) is 2.46. The number of aromatic nitrogens is 1. The lowest BCUT2D eigenvalue weighted by Crippen LogP contribution is -2.16. The molecule has 1 aromatic heterocycles. The zero-order chi connectivity index (χ0) is 16.1. The van der Waals surface area contributed by atoms with Crippen molar-refractivity contribution >= 4 is 27.9 Å². The fourth-order valence-corrected chi connectivity index (χ4v) is 2.00. The van der Waals surface area contributed by atoms with Crippen molar-refractivity contribution in [2.24, 2.45) is 0 Å². The van der Waals surface area contributed by atoms with Gasteiger partial charge in [0.2, 0.25) is 0 Å². The summed E-state index contributed by atoms with van der Waals surface area (Å²) in [6, 6.07) is 11.4. The summed E-state index contributed by atoms with van der Waals surface area (Å²) in [4.78, 5) is 27.8. The zero-order valence-corrected chi connectivity index (χ0v) is 13.7. The Morgan fingerprint density at radius 1 is 1.05 bits per heavy atom. The first-order valence-electron chi connectivity index (χ1n) is 6.61. The Morgan fingerprint density at radius 2 is 1.68 bits per heavy atom. The molecule has 0 saturated heterocycles. The molecule has 114 valence electrons. The van der Waals surface area contributed by atoms with Gasteiger partial charge < -0.3 is 9.47 Å². The second-order valence-corrected chi connectivity index (χ2v) is 5.62. The van der Waals surface area contributed by atoms with Crippen molar-refractivity contribution in [3.63, 3.8) is 0 Å². The number of hydrogen-bond donors (Lipinski definition) is 0. The third-order valence-corrected chi connectivity index (χ3v) is 3.01. The summed E-state index contributed by atoms with van der Waals surface area (Å²) in [7, 11) is 0. The number of esters is 2. The minimum atomic E-state index is -0.641. The number of pyridine rings is 1. The predicted molar refractivity (Wildman–Crippen MR) is 83.9 cm³/mol. The molecule has 0 N–H and O–H groups in total. The quantitative estimate of drug-likeness (QED) is 0.612. The van der Waals surface area contributed by atoms with Crippen molar-refractivity contribution < 1.29 is 19.1 Å². The van der Waals surface area contributed by atoms with E-state index in [1.165, 1.54) is 12.1 Å². The molecule has 2 rings (SSSR count). The first-order valence-corrected chi connectivity index (χ1v) is 7.41. The molecule has 0 fully saturated rings. The zero-order valence-electron chi connectivity index (χ0n) is 12.1. The highest BCUT2D eigenvalue weighted by molar-refractivity contribution is 9.10. The van der Waals surface area contributed by atoms with E-state index in [2.05, 4.69) is 20.9 Å². The van der Waals surface area contributed by atoms with E-state index >= 15 is 0 Å². The van der Waals surface area contributed by atoms with E-state index in [1.807, 2.05) is 6.07 Å². The van der Waals surface area contributed by atoms with Crippen LogP contribution in [0.5, 0.6) is 5.75 Å². The van der Waals surface area contributed by atoms with Crippen molar-refractivity contribution in [3.8, 4) is 5.75 Å². The van der Waals surface area contributed by atoms with E-state index in [4.69, 9.17) is 9.47 Å². The van der Waals surface area contributed by atoms with Crippen LogP contribution in [0.15, 0.2) is 46.9 Å². The molecule has 0 amide bonds. The van der Waals surface area contributed by atoms with Gasteiger partial charge in [-0.1, -0.05) is 28.1 Å². The van der Waals surface area contributed by atoms with Crippen LogP contribution in [0.25, 0.3) is 0 Å². The van der Waals surface area contributed by atoms with E-state index < -0.39 is 11.9 Å². The largest absolute Gasteiger partial charge is 0.458 e. The van der Waals surface area contributed by atoms with Crippen LogP contribution in [0.2, 0.25) is 0 Å². The summed E-state index contributed by atoms with van der Waals surface area (Å²) >= 11 is 3.29. The van der Waals surface area contributed by atoms with Crippen LogP contribution in [0.4, 0.5) is 0 Å². The molecule has 0 bridgehead atoms. The predicted octanol–water partition coefficient (Wildman–Crippen LogP) is 3.63. The molecule has 0 spiro atoms. The lowest BCUT2D eigenvalue weighted by Gasteiger charge is -2.08. The Kier molecular flexibility index (Phi) is 5.27. The summed E-state index contributed by atoms with van der Waals surface area (Å²) in [6.45, 7) is 3.48. The molecule has 0 radical (unpaired) electrons. The van der Waals surface area contributed by atoms with Gasteiger partial charge in [-0.3, -0.25) is 0 Å². The van der Waals surface area contributed by atoms with Crippen LogP contribution >= 0.6 is 15.9 Å². The molecule has 0 aliphatic carbocycles. The van der Waals surface area contributed by atoms with Gasteiger partial charge in [0.15, 0.2) is 0 Å². The van der Waals surface area contributed by atoms with Crippen molar-refractivity contribution in [1.82, 2.24) is 4.98 Å². The molecule has 1 aromatic carbocycles. The van der Waals surface area contributed by atoms with Crippen molar-refractivity contribution in [2.45, 2.75) is 20.0 Å². The van der Waals surface area contributed by atoms with Crippen LogP contribution < -0.4 is 4.74 Å². The van der Waals surface area contributed by atoms with Crippen LogP contribution in [-0.2, 0) is 4.74 Å². The number of carbonyl (C=O) groups excluding carboxylic acids is 2. The number of nitrogens with zero attached hydrogens (tertiary/aromatic N) is 1. The number of hydrogen-bond acceptors (Lipinski definition) is 5. The van der Waals surface area contributed by atoms with Crippen LogP contribution in [-0.4, -0.2) is 23.0 Å². The van der Waals surface area contributed by atoms with Crippen LogP contribution in [0.1, 0.15) is 34.8 Å². The average molecular weight is 364 g/mol. The number of rotatable bonds is 4. The summed E-state index contributed by atoms with van der Waals surface area (Å²) in [6.07, 6.45) is -0.258. The van der Waals surface area contributed by atoms with Crippen molar-refractivity contribution in [3.05, 3.63) is 58.3 Å². The van der Waals surface area contributed by atoms with E-state index in [0.29, 0.717) is 5.75 Å². The van der Waals surface area contributed by atoms with Gasteiger partial charge >= 0.3 is 11.9 Å². The maximum atomic E-state index is 12.1. The van der Waals surface area contributed by atoms with Gasteiger partial charge in [0.25, 0.3) is 0 Å². The van der Waals surface area contributed by atoms with E-state index in [1.54, 1.807) is 38.1 Å².